The molecule has 0 atom stereocenters. The van der Waals surface area contributed by atoms with Crippen LogP contribution >= 0.6 is 0 Å². The van der Waals surface area contributed by atoms with Crippen molar-refractivity contribution in [1.82, 2.24) is 15.8 Å². The number of rotatable bonds is 5. The Kier molecular flexibility index (Phi) is 4.14. The lowest BCUT2D eigenvalue weighted by molar-refractivity contribution is -0.136. The summed E-state index contributed by atoms with van der Waals surface area (Å²) in [5.74, 6) is -0.422. The molecular weight excluding hydrogens is 202 g/mol. The average Bonchev–Trinajstić information content (AvgIpc) is 2.66. The van der Waals surface area contributed by atoms with Gasteiger partial charge in [-0.25, -0.2) is 4.79 Å². The first-order valence-electron chi connectivity index (χ1n) is 4.31. The zero-order chi connectivity index (χ0) is 11.1. The number of carboxylic acid groups (broad SMARTS) is 1. The molecule has 0 aliphatic heterocycles. The van der Waals surface area contributed by atoms with Crippen molar-refractivity contribution in [2.45, 2.75) is 13.0 Å². The molecule has 1 rings (SSSR count). The highest BCUT2D eigenvalue weighted by molar-refractivity contribution is 5.74. The van der Waals surface area contributed by atoms with Crippen LogP contribution in [-0.4, -0.2) is 28.8 Å². The van der Waals surface area contributed by atoms with Gasteiger partial charge in [0.15, 0.2) is 5.76 Å². The third-order valence-electron chi connectivity index (χ3n) is 1.54. The second-order valence-corrected chi connectivity index (χ2v) is 2.73. The molecule has 2 amide bonds. The van der Waals surface area contributed by atoms with Crippen LogP contribution in [0.5, 0.6) is 0 Å². The summed E-state index contributed by atoms with van der Waals surface area (Å²) in [6.07, 6.45) is 1.37. The van der Waals surface area contributed by atoms with Crippen LogP contribution in [0.2, 0.25) is 0 Å². The summed E-state index contributed by atoms with van der Waals surface area (Å²) in [4.78, 5) is 21.2. The number of aromatic nitrogens is 1. The van der Waals surface area contributed by atoms with Gasteiger partial charge in [0.25, 0.3) is 0 Å². The summed E-state index contributed by atoms with van der Waals surface area (Å²) in [5.41, 5.74) is 0. The molecule has 7 nitrogen and oxygen atoms in total. The number of amides is 2. The van der Waals surface area contributed by atoms with Gasteiger partial charge < -0.3 is 20.3 Å². The van der Waals surface area contributed by atoms with Crippen molar-refractivity contribution in [2.24, 2.45) is 0 Å². The number of hydrogen-bond acceptors (Lipinski definition) is 4. The summed E-state index contributed by atoms with van der Waals surface area (Å²) >= 11 is 0. The van der Waals surface area contributed by atoms with Crippen LogP contribution in [-0.2, 0) is 11.3 Å². The fraction of sp³-hybridized carbons (Fsp3) is 0.375. The normalized spacial score (nSPS) is 9.60. The number of nitrogens with one attached hydrogen (secondary N) is 2. The molecule has 0 fully saturated rings. The first-order chi connectivity index (χ1) is 7.18. The largest absolute Gasteiger partial charge is 0.481 e. The van der Waals surface area contributed by atoms with Gasteiger partial charge in [-0.15, -0.1) is 0 Å². The molecule has 7 heteroatoms. The second kappa shape index (κ2) is 5.63. The molecule has 3 N–H and O–H groups in total. The zero-order valence-electron chi connectivity index (χ0n) is 7.90. The first kappa shape index (κ1) is 11.0. The predicted molar refractivity (Wildman–Crippen MR) is 49.0 cm³/mol. The van der Waals surface area contributed by atoms with Gasteiger partial charge in [-0.3, -0.25) is 4.79 Å². The molecule has 0 saturated carbocycles. The number of carbonyl (C=O) groups is 2. The predicted octanol–water partition coefficient (Wildman–Crippen LogP) is -0.0515. The van der Waals surface area contributed by atoms with Gasteiger partial charge in [0.1, 0.15) is 0 Å². The number of hydrogen-bond donors (Lipinski definition) is 3. The molecule has 0 aliphatic rings. The highest BCUT2D eigenvalue weighted by Gasteiger charge is 2.03. The maximum Gasteiger partial charge on any atom is 0.315 e. The lowest BCUT2D eigenvalue weighted by Crippen LogP contribution is -2.36. The first-order valence-corrected chi connectivity index (χ1v) is 4.31. The summed E-state index contributed by atoms with van der Waals surface area (Å²) in [6.45, 7) is 0.316. The molecular formula is C8H11N3O4. The van der Waals surface area contributed by atoms with E-state index < -0.39 is 12.0 Å². The Morgan fingerprint density at radius 1 is 1.47 bits per heavy atom. The van der Waals surface area contributed by atoms with Gasteiger partial charge in [-0.2, -0.15) is 0 Å². The van der Waals surface area contributed by atoms with Crippen LogP contribution < -0.4 is 10.6 Å². The third kappa shape index (κ3) is 4.65. The molecule has 15 heavy (non-hydrogen) atoms. The Bertz CT molecular complexity index is 323. The van der Waals surface area contributed by atoms with Gasteiger partial charge in [0.2, 0.25) is 0 Å². The Labute approximate surface area is 85.4 Å². The summed E-state index contributed by atoms with van der Waals surface area (Å²) in [5, 5.41) is 16.6. The molecule has 0 saturated heterocycles. The quantitative estimate of drug-likeness (QED) is 0.636. The van der Waals surface area contributed by atoms with E-state index in [0.29, 0.717) is 5.76 Å². The van der Waals surface area contributed by atoms with Crippen molar-refractivity contribution in [3.8, 4) is 0 Å². The summed E-state index contributed by atoms with van der Waals surface area (Å²) in [6, 6.07) is 1.19. The van der Waals surface area contributed by atoms with E-state index in [1.165, 1.54) is 6.20 Å². The fourth-order valence-electron chi connectivity index (χ4n) is 0.846. The molecule has 0 unspecified atom stereocenters. The average molecular weight is 213 g/mol. The van der Waals surface area contributed by atoms with E-state index in [-0.39, 0.29) is 19.5 Å². The monoisotopic (exact) mass is 213 g/mol. The number of carboxylic acids is 1. The molecule has 1 aromatic rings. The van der Waals surface area contributed by atoms with E-state index in [1.807, 2.05) is 0 Å². The highest BCUT2D eigenvalue weighted by Crippen LogP contribution is 1.94. The lowest BCUT2D eigenvalue weighted by atomic mass is 10.4. The molecule has 0 radical (unpaired) electrons. The Balaban J connectivity index is 2.11. The van der Waals surface area contributed by atoms with Crippen LogP contribution in [0.25, 0.3) is 0 Å². The topological polar surface area (TPSA) is 104 Å². The van der Waals surface area contributed by atoms with E-state index in [1.54, 1.807) is 6.07 Å². The van der Waals surface area contributed by atoms with Crippen molar-refractivity contribution in [3.63, 3.8) is 0 Å². The van der Waals surface area contributed by atoms with Crippen molar-refractivity contribution in [1.29, 1.82) is 0 Å². The van der Waals surface area contributed by atoms with Crippen molar-refractivity contribution in [2.75, 3.05) is 6.54 Å². The van der Waals surface area contributed by atoms with Crippen molar-refractivity contribution in [3.05, 3.63) is 18.0 Å². The molecule has 82 valence electrons. The lowest BCUT2D eigenvalue weighted by Gasteiger charge is -2.03. The smallest absolute Gasteiger partial charge is 0.315 e. The number of nitrogens with zero attached hydrogens (tertiary/aromatic N) is 1. The number of urea groups is 1. The Morgan fingerprint density at radius 2 is 2.27 bits per heavy atom. The minimum absolute atomic E-state index is 0.0948. The van der Waals surface area contributed by atoms with E-state index in [2.05, 4.69) is 15.8 Å². The highest BCUT2D eigenvalue weighted by atomic mass is 16.5. The van der Waals surface area contributed by atoms with Gasteiger partial charge in [-0.05, 0) is 0 Å². The Hall–Kier alpha value is -2.05. The van der Waals surface area contributed by atoms with E-state index in [0.717, 1.165) is 0 Å². The molecule has 0 aromatic carbocycles. The molecule has 0 aliphatic carbocycles. The van der Waals surface area contributed by atoms with Crippen molar-refractivity contribution >= 4 is 12.0 Å². The van der Waals surface area contributed by atoms with Crippen LogP contribution in [0.15, 0.2) is 16.8 Å². The third-order valence-corrected chi connectivity index (χ3v) is 1.54. The molecule has 0 bridgehead atoms. The summed E-state index contributed by atoms with van der Waals surface area (Å²) in [7, 11) is 0. The minimum Gasteiger partial charge on any atom is -0.481 e. The minimum atomic E-state index is -0.953. The van der Waals surface area contributed by atoms with Crippen LogP contribution in [0.3, 0.4) is 0 Å². The second-order valence-electron chi connectivity index (χ2n) is 2.73. The van der Waals surface area contributed by atoms with Gasteiger partial charge >= 0.3 is 12.0 Å². The fourth-order valence-corrected chi connectivity index (χ4v) is 0.846. The maximum absolute atomic E-state index is 11.0. The number of aliphatic carboxylic acids is 1. The van der Waals surface area contributed by atoms with Gasteiger partial charge in [0, 0.05) is 12.6 Å². The van der Waals surface area contributed by atoms with Gasteiger partial charge in [-0.1, -0.05) is 5.16 Å². The molecule has 1 aromatic heterocycles. The number of carbonyl (C=O) groups excluding carboxylic acids is 1. The van der Waals surface area contributed by atoms with Crippen LogP contribution in [0.1, 0.15) is 12.2 Å². The van der Waals surface area contributed by atoms with Crippen LogP contribution in [0, 0.1) is 0 Å². The SMILES string of the molecule is O=C(O)CCNC(=O)NCc1ccno1. The molecule has 0 spiro atoms. The zero-order valence-corrected chi connectivity index (χ0v) is 7.90. The standard InChI is InChI=1S/C8H11N3O4/c12-7(13)2-3-9-8(14)10-5-6-1-4-11-15-6/h1,4H,2-3,5H2,(H,12,13)(H2,9,10,14). The maximum atomic E-state index is 11.0. The van der Waals surface area contributed by atoms with E-state index in [4.69, 9.17) is 9.63 Å². The molecule has 1 heterocycles. The van der Waals surface area contributed by atoms with E-state index in [9.17, 15) is 9.59 Å². The van der Waals surface area contributed by atoms with Gasteiger partial charge in [0.05, 0.1) is 19.2 Å². The van der Waals surface area contributed by atoms with Crippen molar-refractivity contribution < 1.29 is 19.2 Å². The summed E-state index contributed by atoms with van der Waals surface area (Å²) < 4.78 is 4.74. The Morgan fingerprint density at radius 3 is 2.87 bits per heavy atom. The van der Waals surface area contributed by atoms with Crippen LogP contribution in [0.4, 0.5) is 4.79 Å². The van der Waals surface area contributed by atoms with E-state index >= 15 is 0 Å².